The minimum Gasteiger partial charge on any atom is -0.339 e. The predicted octanol–water partition coefficient (Wildman–Crippen LogP) is 4.31. The second-order valence-electron chi connectivity index (χ2n) is 7.27. The molecule has 1 saturated carbocycles. The number of rotatable bonds is 6. The standard InChI is InChI=1S/C21H26ClN3O2/c1-3-17(26)21(12-8-5-9-13-21)23-20(27)18-15(2)24-25(19(18)22)14-16-10-6-4-7-11-16/h4,6-7,10-11H,3,5,8-9,12-14H2,1-2H3,(H,23,27). The minimum absolute atomic E-state index is 0.0982. The number of ketones is 1. The van der Waals surface area contributed by atoms with Gasteiger partial charge in [0, 0.05) is 6.42 Å². The van der Waals surface area contributed by atoms with Crippen molar-refractivity contribution >= 4 is 23.3 Å². The van der Waals surface area contributed by atoms with Gasteiger partial charge in [-0.1, -0.05) is 68.1 Å². The Morgan fingerprint density at radius 1 is 1.19 bits per heavy atom. The van der Waals surface area contributed by atoms with Crippen LogP contribution in [0.25, 0.3) is 0 Å². The topological polar surface area (TPSA) is 64.0 Å². The van der Waals surface area contributed by atoms with Gasteiger partial charge in [-0.3, -0.25) is 9.59 Å². The van der Waals surface area contributed by atoms with Gasteiger partial charge in [-0.05, 0) is 25.3 Å². The first-order valence-corrected chi connectivity index (χ1v) is 9.97. The smallest absolute Gasteiger partial charge is 0.257 e. The van der Waals surface area contributed by atoms with Crippen LogP contribution >= 0.6 is 11.6 Å². The van der Waals surface area contributed by atoms with Gasteiger partial charge >= 0.3 is 0 Å². The van der Waals surface area contributed by atoms with E-state index in [1.54, 1.807) is 11.6 Å². The molecule has 0 radical (unpaired) electrons. The van der Waals surface area contributed by atoms with E-state index in [9.17, 15) is 9.59 Å². The average Bonchev–Trinajstić information content (AvgIpc) is 2.95. The lowest BCUT2D eigenvalue weighted by molar-refractivity contribution is -0.126. The number of amides is 1. The number of carbonyl (C=O) groups excluding carboxylic acids is 2. The van der Waals surface area contributed by atoms with Crippen molar-refractivity contribution in [3.8, 4) is 0 Å². The number of nitrogens with zero attached hydrogens (tertiary/aromatic N) is 2. The molecule has 1 aromatic carbocycles. The molecule has 2 aromatic rings. The van der Waals surface area contributed by atoms with Crippen LogP contribution in [-0.4, -0.2) is 27.0 Å². The van der Waals surface area contributed by atoms with E-state index in [2.05, 4.69) is 10.4 Å². The normalized spacial score (nSPS) is 16.1. The highest BCUT2D eigenvalue weighted by atomic mass is 35.5. The van der Waals surface area contributed by atoms with Crippen LogP contribution in [0, 0.1) is 6.92 Å². The summed E-state index contributed by atoms with van der Waals surface area (Å²) < 4.78 is 1.64. The van der Waals surface area contributed by atoms with Gasteiger partial charge < -0.3 is 5.32 Å². The van der Waals surface area contributed by atoms with E-state index in [-0.39, 0.29) is 11.7 Å². The lowest BCUT2D eigenvalue weighted by Crippen LogP contribution is -2.55. The van der Waals surface area contributed by atoms with Crippen LogP contribution in [0.2, 0.25) is 5.15 Å². The van der Waals surface area contributed by atoms with Crippen molar-refractivity contribution < 1.29 is 9.59 Å². The third-order valence-corrected chi connectivity index (χ3v) is 5.77. The molecule has 144 valence electrons. The third kappa shape index (κ3) is 4.08. The van der Waals surface area contributed by atoms with Gasteiger partial charge in [0.25, 0.3) is 5.91 Å². The molecule has 0 spiro atoms. The number of hydrogen-bond acceptors (Lipinski definition) is 3. The minimum atomic E-state index is -0.763. The summed E-state index contributed by atoms with van der Waals surface area (Å²) in [6, 6.07) is 9.84. The summed E-state index contributed by atoms with van der Waals surface area (Å²) >= 11 is 6.51. The molecule has 0 saturated heterocycles. The summed E-state index contributed by atoms with van der Waals surface area (Å²) in [5.74, 6) is -0.207. The van der Waals surface area contributed by atoms with E-state index < -0.39 is 5.54 Å². The van der Waals surface area contributed by atoms with Gasteiger partial charge in [0.1, 0.15) is 5.15 Å². The second-order valence-corrected chi connectivity index (χ2v) is 7.63. The molecule has 3 rings (SSSR count). The number of Topliss-reactive ketones (excluding diaryl/α,β-unsaturated/α-hetero) is 1. The van der Waals surface area contributed by atoms with E-state index in [0.29, 0.717) is 42.2 Å². The molecular formula is C21H26ClN3O2. The highest BCUT2D eigenvalue weighted by Crippen LogP contribution is 2.31. The Balaban J connectivity index is 1.85. The number of aryl methyl sites for hydroxylation is 1. The Morgan fingerprint density at radius 2 is 1.85 bits per heavy atom. The molecule has 1 aliphatic carbocycles. The Kier molecular flexibility index (Phi) is 6.00. The van der Waals surface area contributed by atoms with Crippen LogP contribution in [0.5, 0.6) is 0 Å². The van der Waals surface area contributed by atoms with Gasteiger partial charge in [0.05, 0.1) is 23.3 Å². The molecule has 1 aromatic heterocycles. The molecule has 27 heavy (non-hydrogen) atoms. The lowest BCUT2D eigenvalue weighted by Gasteiger charge is -2.36. The van der Waals surface area contributed by atoms with E-state index in [1.165, 1.54) is 0 Å². The Hall–Kier alpha value is -2.14. The summed E-state index contributed by atoms with van der Waals surface area (Å²) in [6.07, 6.45) is 4.81. The number of benzene rings is 1. The highest BCUT2D eigenvalue weighted by molar-refractivity contribution is 6.33. The maximum Gasteiger partial charge on any atom is 0.257 e. The Morgan fingerprint density at radius 3 is 2.48 bits per heavy atom. The number of nitrogens with one attached hydrogen (secondary N) is 1. The monoisotopic (exact) mass is 387 g/mol. The van der Waals surface area contributed by atoms with Crippen molar-refractivity contribution in [3.05, 3.63) is 52.3 Å². The van der Waals surface area contributed by atoms with Gasteiger partial charge in [0.2, 0.25) is 0 Å². The molecule has 0 bridgehead atoms. The first-order chi connectivity index (χ1) is 13.0. The molecular weight excluding hydrogens is 362 g/mol. The average molecular weight is 388 g/mol. The van der Waals surface area contributed by atoms with Gasteiger partial charge in [-0.2, -0.15) is 5.10 Å². The van der Waals surface area contributed by atoms with E-state index in [4.69, 9.17) is 11.6 Å². The van der Waals surface area contributed by atoms with Crippen LogP contribution in [0.4, 0.5) is 0 Å². The summed E-state index contributed by atoms with van der Waals surface area (Å²) in [6.45, 7) is 4.12. The number of halogens is 1. The second kappa shape index (κ2) is 8.26. The molecule has 0 aliphatic heterocycles. The number of hydrogen-bond donors (Lipinski definition) is 1. The van der Waals surface area contributed by atoms with Crippen molar-refractivity contribution in [2.45, 2.75) is 64.5 Å². The Bertz CT molecular complexity index is 823. The molecule has 1 amide bonds. The van der Waals surface area contributed by atoms with Gasteiger partial charge in [-0.25, -0.2) is 4.68 Å². The van der Waals surface area contributed by atoms with Crippen LogP contribution < -0.4 is 5.32 Å². The first-order valence-electron chi connectivity index (χ1n) is 9.59. The summed E-state index contributed by atoms with van der Waals surface area (Å²) in [4.78, 5) is 25.6. The largest absolute Gasteiger partial charge is 0.339 e. The van der Waals surface area contributed by atoms with Crippen LogP contribution in [0.3, 0.4) is 0 Å². The van der Waals surface area contributed by atoms with Crippen LogP contribution in [0.15, 0.2) is 30.3 Å². The van der Waals surface area contributed by atoms with E-state index >= 15 is 0 Å². The predicted molar refractivity (Wildman–Crippen MR) is 106 cm³/mol. The number of aromatic nitrogens is 2. The summed E-state index contributed by atoms with van der Waals surface area (Å²) in [7, 11) is 0. The Labute approximate surface area is 165 Å². The molecule has 0 atom stereocenters. The van der Waals surface area contributed by atoms with Crippen molar-refractivity contribution in [1.29, 1.82) is 0 Å². The maximum atomic E-state index is 13.0. The zero-order valence-electron chi connectivity index (χ0n) is 15.9. The van der Waals surface area contributed by atoms with E-state index in [0.717, 1.165) is 24.8 Å². The lowest BCUT2D eigenvalue weighted by atomic mass is 9.77. The fourth-order valence-electron chi connectivity index (χ4n) is 3.92. The first kappa shape index (κ1) is 19.6. The van der Waals surface area contributed by atoms with Gasteiger partial charge in [-0.15, -0.1) is 0 Å². The van der Waals surface area contributed by atoms with Crippen molar-refractivity contribution in [2.24, 2.45) is 0 Å². The van der Waals surface area contributed by atoms with Crippen molar-refractivity contribution in [3.63, 3.8) is 0 Å². The van der Waals surface area contributed by atoms with Crippen LogP contribution in [0.1, 0.15) is 67.1 Å². The third-order valence-electron chi connectivity index (χ3n) is 5.38. The molecule has 1 aliphatic rings. The zero-order valence-corrected chi connectivity index (χ0v) is 16.7. The zero-order chi connectivity index (χ0) is 19.4. The summed E-state index contributed by atoms with van der Waals surface area (Å²) in [5.41, 5.74) is 1.23. The quantitative estimate of drug-likeness (QED) is 0.803. The molecule has 0 unspecified atom stereocenters. The number of carbonyl (C=O) groups is 2. The maximum absolute atomic E-state index is 13.0. The van der Waals surface area contributed by atoms with Gasteiger partial charge in [0.15, 0.2) is 5.78 Å². The van der Waals surface area contributed by atoms with Crippen molar-refractivity contribution in [1.82, 2.24) is 15.1 Å². The van der Waals surface area contributed by atoms with Crippen molar-refractivity contribution in [2.75, 3.05) is 0 Å². The summed E-state index contributed by atoms with van der Waals surface area (Å²) in [5, 5.41) is 7.79. The fraction of sp³-hybridized carbons (Fsp3) is 0.476. The molecule has 6 heteroatoms. The fourth-order valence-corrected chi connectivity index (χ4v) is 4.24. The SMILES string of the molecule is CCC(=O)C1(NC(=O)c2c(C)nn(Cc3ccccc3)c2Cl)CCCCC1. The molecule has 5 nitrogen and oxygen atoms in total. The van der Waals surface area contributed by atoms with Crippen LogP contribution in [-0.2, 0) is 11.3 Å². The molecule has 1 fully saturated rings. The highest BCUT2D eigenvalue weighted by Gasteiger charge is 2.40. The van der Waals surface area contributed by atoms with E-state index in [1.807, 2.05) is 37.3 Å². The molecule has 1 N–H and O–H groups in total. The molecule has 1 heterocycles.